The molecule has 0 amide bonds. The van der Waals surface area contributed by atoms with Crippen LogP contribution in [0, 0.1) is 5.92 Å². The number of hydrogen-bond donors (Lipinski definition) is 1. The van der Waals surface area contributed by atoms with E-state index in [0.717, 1.165) is 17.6 Å². The Balaban J connectivity index is 3.06. The molecule has 0 fully saturated rings. The zero-order chi connectivity index (χ0) is 13.7. The SMILES string of the molecule is CCC(C)CN(CC)c1cc(Br)ccc1C(C)N. The van der Waals surface area contributed by atoms with Gasteiger partial charge in [-0.1, -0.05) is 42.3 Å². The third-order valence-electron chi connectivity index (χ3n) is 3.43. The van der Waals surface area contributed by atoms with Gasteiger partial charge in [0.2, 0.25) is 0 Å². The number of anilines is 1. The molecule has 3 heteroatoms. The fourth-order valence-corrected chi connectivity index (χ4v) is 2.43. The van der Waals surface area contributed by atoms with E-state index in [1.54, 1.807) is 0 Å². The highest BCUT2D eigenvalue weighted by atomic mass is 79.9. The van der Waals surface area contributed by atoms with Gasteiger partial charge in [-0.25, -0.2) is 0 Å². The highest BCUT2D eigenvalue weighted by molar-refractivity contribution is 9.10. The second kappa shape index (κ2) is 7.15. The summed E-state index contributed by atoms with van der Waals surface area (Å²) in [6.07, 6.45) is 1.21. The van der Waals surface area contributed by atoms with Crippen molar-refractivity contribution >= 4 is 21.6 Å². The van der Waals surface area contributed by atoms with Crippen LogP contribution >= 0.6 is 15.9 Å². The Hall–Kier alpha value is -0.540. The van der Waals surface area contributed by atoms with E-state index >= 15 is 0 Å². The van der Waals surface area contributed by atoms with Gasteiger partial charge in [0.25, 0.3) is 0 Å². The van der Waals surface area contributed by atoms with Crippen molar-refractivity contribution in [2.24, 2.45) is 11.7 Å². The smallest absolute Gasteiger partial charge is 0.0425 e. The van der Waals surface area contributed by atoms with Crippen LogP contribution < -0.4 is 10.6 Å². The van der Waals surface area contributed by atoms with E-state index in [9.17, 15) is 0 Å². The molecule has 0 radical (unpaired) electrons. The molecule has 0 saturated carbocycles. The molecule has 0 spiro atoms. The van der Waals surface area contributed by atoms with Crippen LogP contribution in [0.25, 0.3) is 0 Å². The van der Waals surface area contributed by atoms with Crippen molar-refractivity contribution in [3.8, 4) is 0 Å². The summed E-state index contributed by atoms with van der Waals surface area (Å²) in [5, 5.41) is 0. The molecule has 2 nitrogen and oxygen atoms in total. The predicted molar refractivity (Wildman–Crippen MR) is 84.1 cm³/mol. The number of hydrogen-bond acceptors (Lipinski definition) is 2. The van der Waals surface area contributed by atoms with E-state index in [1.165, 1.54) is 17.7 Å². The van der Waals surface area contributed by atoms with Gasteiger partial charge in [0.1, 0.15) is 0 Å². The van der Waals surface area contributed by atoms with Crippen LogP contribution in [0.3, 0.4) is 0 Å². The van der Waals surface area contributed by atoms with E-state index < -0.39 is 0 Å². The van der Waals surface area contributed by atoms with Crippen LogP contribution in [-0.4, -0.2) is 13.1 Å². The molecule has 18 heavy (non-hydrogen) atoms. The third kappa shape index (κ3) is 3.99. The molecule has 0 aliphatic heterocycles. The zero-order valence-corrected chi connectivity index (χ0v) is 13.5. The molecule has 1 aromatic rings. The fraction of sp³-hybridized carbons (Fsp3) is 0.600. The molecule has 2 N–H and O–H groups in total. The topological polar surface area (TPSA) is 29.3 Å². The fourth-order valence-electron chi connectivity index (χ4n) is 2.08. The Bertz CT molecular complexity index is 377. The van der Waals surface area contributed by atoms with Crippen LogP contribution in [0.1, 0.15) is 45.7 Å². The van der Waals surface area contributed by atoms with Gasteiger partial charge in [0, 0.05) is 29.3 Å². The van der Waals surface area contributed by atoms with Crippen molar-refractivity contribution < 1.29 is 0 Å². The van der Waals surface area contributed by atoms with Gasteiger partial charge < -0.3 is 10.6 Å². The zero-order valence-electron chi connectivity index (χ0n) is 11.9. The Morgan fingerprint density at radius 3 is 2.44 bits per heavy atom. The van der Waals surface area contributed by atoms with Gasteiger partial charge in [0.15, 0.2) is 0 Å². The van der Waals surface area contributed by atoms with Crippen molar-refractivity contribution in [3.63, 3.8) is 0 Å². The summed E-state index contributed by atoms with van der Waals surface area (Å²) < 4.78 is 1.12. The van der Waals surface area contributed by atoms with Gasteiger partial charge >= 0.3 is 0 Å². The maximum absolute atomic E-state index is 6.08. The second-order valence-corrected chi connectivity index (χ2v) is 5.96. The lowest BCUT2D eigenvalue weighted by molar-refractivity contribution is 0.546. The molecule has 0 saturated heterocycles. The van der Waals surface area contributed by atoms with Crippen LogP contribution in [-0.2, 0) is 0 Å². The Morgan fingerprint density at radius 2 is 1.94 bits per heavy atom. The molecule has 0 aromatic heterocycles. The van der Waals surface area contributed by atoms with Crippen molar-refractivity contribution in [3.05, 3.63) is 28.2 Å². The van der Waals surface area contributed by atoms with Crippen LogP contribution in [0.5, 0.6) is 0 Å². The molecular formula is C15H25BrN2. The third-order valence-corrected chi connectivity index (χ3v) is 3.93. The van der Waals surface area contributed by atoms with Gasteiger partial charge in [-0.15, -0.1) is 0 Å². The minimum Gasteiger partial charge on any atom is -0.371 e. The molecule has 2 atom stereocenters. The lowest BCUT2D eigenvalue weighted by atomic mass is 10.0. The lowest BCUT2D eigenvalue weighted by Crippen LogP contribution is -2.29. The summed E-state index contributed by atoms with van der Waals surface area (Å²) in [6, 6.07) is 6.45. The average Bonchev–Trinajstić information content (AvgIpc) is 2.35. The molecular weight excluding hydrogens is 288 g/mol. The first kappa shape index (κ1) is 15.5. The first-order chi connectivity index (χ1) is 8.49. The first-order valence-electron chi connectivity index (χ1n) is 6.79. The van der Waals surface area contributed by atoms with Gasteiger partial charge in [0.05, 0.1) is 0 Å². The van der Waals surface area contributed by atoms with E-state index in [2.05, 4.69) is 59.8 Å². The highest BCUT2D eigenvalue weighted by Gasteiger charge is 2.14. The van der Waals surface area contributed by atoms with Crippen LogP contribution in [0.2, 0.25) is 0 Å². The maximum Gasteiger partial charge on any atom is 0.0425 e. The highest BCUT2D eigenvalue weighted by Crippen LogP contribution is 2.29. The van der Waals surface area contributed by atoms with Gasteiger partial charge in [-0.2, -0.15) is 0 Å². The summed E-state index contributed by atoms with van der Waals surface area (Å²) in [6.45, 7) is 10.9. The standard InChI is InChI=1S/C15H25BrN2/c1-5-11(3)10-18(6-2)15-9-13(16)7-8-14(15)12(4)17/h7-9,11-12H,5-6,10,17H2,1-4H3. The van der Waals surface area contributed by atoms with E-state index in [0.29, 0.717) is 5.92 Å². The normalized spacial score (nSPS) is 14.3. The second-order valence-electron chi connectivity index (χ2n) is 5.04. The summed E-state index contributed by atoms with van der Waals surface area (Å²) in [5.74, 6) is 0.699. The van der Waals surface area contributed by atoms with Gasteiger partial charge in [-0.05, 0) is 37.5 Å². The number of halogens is 1. The van der Waals surface area contributed by atoms with E-state index in [4.69, 9.17) is 5.73 Å². The minimum absolute atomic E-state index is 0.0686. The number of nitrogens with two attached hydrogens (primary N) is 1. The van der Waals surface area contributed by atoms with Crippen molar-refractivity contribution in [2.75, 3.05) is 18.0 Å². The number of nitrogens with zero attached hydrogens (tertiary/aromatic N) is 1. The first-order valence-corrected chi connectivity index (χ1v) is 7.58. The quantitative estimate of drug-likeness (QED) is 0.846. The van der Waals surface area contributed by atoms with Crippen LogP contribution in [0.4, 0.5) is 5.69 Å². The molecule has 0 heterocycles. The average molecular weight is 313 g/mol. The minimum atomic E-state index is 0.0686. The molecule has 2 unspecified atom stereocenters. The molecule has 0 bridgehead atoms. The largest absolute Gasteiger partial charge is 0.371 e. The molecule has 1 rings (SSSR count). The summed E-state index contributed by atoms with van der Waals surface area (Å²) in [4.78, 5) is 2.43. The molecule has 1 aromatic carbocycles. The Kier molecular flexibility index (Phi) is 6.16. The predicted octanol–water partition coefficient (Wildman–Crippen LogP) is 4.34. The van der Waals surface area contributed by atoms with Crippen LogP contribution in [0.15, 0.2) is 22.7 Å². The van der Waals surface area contributed by atoms with E-state index in [-0.39, 0.29) is 6.04 Å². The van der Waals surface area contributed by atoms with Crippen molar-refractivity contribution in [2.45, 2.75) is 40.2 Å². The summed E-state index contributed by atoms with van der Waals surface area (Å²) in [7, 11) is 0. The summed E-state index contributed by atoms with van der Waals surface area (Å²) >= 11 is 3.56. The molecule has 0 aliphatic rings. The van der Waals surface area contributed by atoms with Crippen molar-refractivity contribution in [1.29, 1.82) is 0 Å². The summed E-state index contributed by atoms with van der Waals surface area (Å²) in [5.41, 5.74) is 8.57. The molecule has 0 aliphatic carbocycles. The number of benzene rings is 1. The monoisotopic (exact) mass is 312 g/mol. The Morgan fingerprint density at radius 1 is 1.28 bits per heavy atom. The lowest BCUT2D eigenvalue weighted by Gasteiger charge is -2.29. The van der Waals surface area contributed by atoms with Gasteiger partial charge in [-0.3, -0.25) is 0 Å². The van der Waals surface area contributed by atoms with E-state index in [1.807, 2.05) is 6.92 Å². The Labute approximate surface area is 120 Å². The van der Waals surface area contributed by atoms with Crippen molar-refractivity contribution in [1.82, 2.24) is 0 Å². The molecule has 102 valence electrons. The number of rotatable bonds is 6. The maximum atomic E-state index is 6.08.